The molecule has 2 atom stereocenters. The second-order valence-corrected chi connectivity index (χ2v) is 27.6. The van der Waals surface area contributed by atoms with Gasteiger partial charge >= 0.3 is 11.9 Å². The Balaban J connectivity index is 4.06. The Hall–Kier alpha value is -4.31. The first kappa shape index (κ1) is 90.7. The van der Waals surface area contributed by atoms with E-state index in [-0.39, 0.29) is 38.6 Å². The van der Waals surface area contributed by atoms with Crippen LogP contribution in [-0.2, 0) is 33.3 Å². The first-order valence-corrected chi connectivity index (χ1v) is 39.7. The van der Waals surface area contributed by atoms with E-state index in [2.05, 4.69) is 135 Å². The van der Waals surface area contributed by atoms with Gasteiger partial charge in [-0.1, -0.05) is 347 Å². The number of likely N-dealkylation sites (N-methyl/N-ethyl adjacent to an activating group) is 1. The molecule has 0 fully saturated rings. The zero-order valence-electron chi connectivity index (χ0n) is 62.5. The Morgan fingerprint density at radius 3 is 0.895 bits per heavy atom. The van der Waals surface area contributed by atoms with Crippen molar-refractivity contribution in [2.45, 2.75) is 360 Å². The summed E-state index contributed by atoms with van der Waals surface area (Å²) < 4.78 is 22.9. The Bertz CT molecular complexity index is 1980. The number of carbonyl (C=O) groups excluding carboxylic acids is 3. The van der Waals surface area contributed by atoms with Crippen LogP contribution in [-0.4, -0.2) is 82.3 Å². The summed E-state index contributed by atoms with van der Waals surface area (Å²) in [6.45, 7) is 4.65. The molecule has 0 saturated heterocycles. The number of unbranched alkanes of at least 4 members (excludes halogenated alkanes) is 38. The van der Waals surface area contributed by atoms with Crippen LogP contribution in [0, 0.1) is 0 Å². The maximum atomic E-state index is 13.0. The molecular weight excluding hydrogens is 1170 g/mol. The van der Waals surface area contributed by atoms with Gasteiger partial charge in [-0.2, -0.15) is 0 Å². The topological polar surface area (TPSA) is 111 Å². The van der Waals surface area contributed by atoms with Gasteiger partial charge in [0.1, 0.15) is 13.2 Å². The fraction of sp³-hybridized carbons (Fsp3) is 0.733. The molecule has 0 aromatic heterocycles. The molecular formula is C86H149NO8. The van der Waals surface area contributed by atoms with E-state index in [0.717, 1.165) is 103 Å². The Morgan fingerprint density at radius 2 is 0.600 bits per heavy atom. The van der Waals surface area contributed by atoms with Crippen LogP contribution < -0.4 is 5.11 Å². The SMILES string of the molecule is CC/C=C\C/C=C\C/C=C\C/C=C\C/C=C\C/C=C\C/C=C\C/C=C\CCCCCCCCCCCCC(=O)OC(COC(=O)CCCCCCCCCCCCCCCCCCCCCCCCC/C=C\C/C=C\CCCCCCC)COC(OCC[N+](C)(C)C)C(=O)[O-]. The van der Waals surface area contributed by atoms with Crippen molar-refractivity contribution in [2.75, 3.05) is 47.5 Å². The summed E-state index contributed by atoms with van der Waals surface area (Å²) >= 11 is 0. The molecule has 0 spiro atoms. The van der Waals surface area contributed by atoms with Gasteiger partial charge in [0, 0.05) is 12.8 Å². The summed E-state index contributed by atoms with van der Waals surface area (Å²) in [5, 5.41) is 11.9. The number of aliphatic carboxylic acids is 1. The average molecular weight is 1330 g/mol. The number of carboxylic acid groups (broad SMARTS) is 1. The number of hydrogen-bond acceptors (Lipinski definition) is 8. The van der Waals surface area contributed by atoms with E-state index >= 15 is 0 Å². The van der Waals surface area contributed by atoms with E-state index in [0.29, 0.717) is 17.4 Å². The molecule has 0 bridgehead atoms. The van der Waals surface area contributed by atoms with Gasteiger partial charge in [-0.05, 0) is 109 Å². The molecule has 2 unspecified atom stereocenters. The minimum atomic E-state index is -1.63. The molecule has 0 N–H and O–H groups in total. The maximum Gasteiger partial charge on any atom is 0.306 e. The molecule has 0 heterocycles. The number of carboxylic acids is 1. The predicted molar refractivity (Wildman–Crippen MR) is 407 cm³/mol. The number of hydrogen-bond donors (Lipinski definition) is 0. The van der Waals surface area contributed by atoms with Crippen LogP contribution in [0.25, 0.3) is 0 Å². The van der Waals surface area contributed by atoms with Crippen LogP contribution >= 0.6 is 0 Å². The maximum absolute atomic E-state index is 13.0. The number of ether oxygens (including phenoxy) is 4. The molecule has 546 valence electrons. The monoisotopic (exact) mass is 1320 g/mol. The van der Waals surface area contributed by atoms with Crippen molar-refractivity contribution in [3.05, 3.63) is 122 Å². The van der Waals surface area contributed by atoms with E-state index in [4.69, 9.17) is 18.9 Å². The Kier molecular flexibility index (Phi) is 72.0. The van der Waals surface area contributed by atoms with Crippen molar-refractivity contribution < 1.29 is 42.9 Å². The van der Waals surface area contributed by atoms with E-state index in [1.54, 1.807) is 0 Å². The Morgan fingerprint density at radius 1 is 0.326 bits per heavy atom. The van der Waals surface area contributed by atoms with Crippen LogP contribution in [0.3, 0.4) is 0 Å². The smallest absolute Gasteiger partial charge is 0.306 e. The highest BCUT2D eigenvalue weighted by Crippen LogP contribution is 2.18. The number of allylic oxidation sites excluding steroid dienone is 20. The molecule has 9 heteroatoms. The summed E-state index contributed by atoms with van der Waals surface area (Å²) in [6.07, 6.45) is 105. The minimum Gasteiger partial charge on any atom is -0.545 e. The molecule has 95 heavy (non-hydrogen) atoms. The largest absolute Gasteiger partial charge is 0.545 e. The lowest BCUT2D eigenvalue weighted by Crippen LogP contribution is -2.44. The fourth-order valence-electron chi connectivity index (χ4n) is 11.2. The van der Waals surface area contributed by atoms with Gasteiger partial charge < -0.3 is 33.3 Å². The summed E-state index contributed by atoms with van der Waals surface area (Å²) in [7, 11) is 5.94. The molecule has 0 saturated carbocycles. The molecule has 0 aromatic rings. The zero-order valence-corrected chi connectivity index (χ0v) is 62.5. The number of nitrogens with zero attached hydrogens (tertiary/aromatic N) is 1. The molecule has 0 aliphatic rings. The number of carbonyl (C=O) groups is 3. The molecule has 0 amide bonds. The van der Waals surface area contributed by atoms with Crippen molar-refractivity contribution >= 4 is 17.9 Å². The number of rotatable bonds is 73. The average Bonchev–Trinajstić information content (AvgIpc) is 3.58. The van der Waals surface area contributed by atoms with E-state index in [1.807, 2.05) is 21.1 Å². The molecule has 0 aliphatic heterocycles. The Labute approximate surface area is 587 Å². The summed E-state index contributed by atoms with van der Waals surface area (Å²) in [6, 6.07) is 0. The van der Waals surface area contributed by atoms with Gasteiger partial charge in [0.15, 0.2) is 12.4 Å². The van der Waals surface area contributed by atoms with Gasteiger partial charge in [-0.25, -0.2) is 0 Å². The van der Waals surface area contributed by atoms with Gasteiger partial charge in [-0.3, -0.25) is 9.59 Å². The molecule has 9 nitrogen and oxygen atoms in total. The summed E-state index contributed by atoms with van der Waals surface area (Å²) in [5.41, 5.74) is 0. The van der Waals surface area contributed by atoms with Crippen molar-refractivity contribution in [2.24, 2.45) is 0 Å². The van der Waals surface area contributed by atoms with Crippen molar-refractivity contribution in [1.29, 1.82) is 0 Å². The van der Waals surface area contributed by atoms with Crippen LogP contribution in [0.4, 0.5) is 0 Å². The van der Waals surface area contributed by atoms with Crippen LogP contribution in [0.2, 0.25) is 0 Å². The fourth-order valence-corrected chi connectivity index (χ4v) is 11.2. The molecule has 0 radical (unpaired) electrons. The number of quaternary nitrogens is 1. The highest BCUT2D eigenvalue weighted by Gasteiger charge is 2.22. The third-order valence-electron chi connectivity index (χ3n) is 17.2. The normalized spacial score (nSPS) is 13.3. The first-order valence-electron chi connectivity index (χ1n) is 39.7. The quantitative estimate of drug-likeness (QED) is 0.0195. The van der Waals surface area contributed by atoms with Crippen molar-refractivity contribution in [3.63, 3.8) is 0 Å². The highest BCUT2D eigenvalue weighted by atomic mass is 16.7. The minimum absolute atomic E-state index is 0.143. The third-order valence-corrected chi connectivity index (χ3v) is 17.2. The second-order valence-electron chi connectivity index (χ2n) is 27.6. The van der Waals surface area contributed by atoms with E-state index in [9.17, 15) is 19.5 Å². The molecule has 0 aliphatic carbocycles. The molecule has 0 rings (SSSR count). The lowest BCUT2D eigenvalue weighted by atomic mass is 10.0. The number of esters is 2. The highest BCUT2D eigenvalue weighted by molar-refractivity contribution is 5.70. The van der Waals surface area contributed by atoms with Crippen LogP contribution in [0.1, 0.15) is 348 Å². The predicted octanol–water partition coefficient (Wildman–Crippen LogP) is 24.1. The standard InChI is InChI=1S/C86H149NO8/c1-6-8-10-12-14-16-18-20-22-24-26-28-30-32-34-36-38-40-42-44-46-48-50-52-54-56-58-60-62-64-66-68-70-72-74-76-83(88)93-80-82(81-94-86(85(90)91)92-79-78-87(3,4)5)95-84(89)77-75-73-71-69-67-65-63-61-59-57-55-53-51-49-47-45-43-41-39-37-35-33-31-29-27-25-23-21-19-17-15-13-11-9-7-2/h9,11,15,17-18,20-21,23-24,26-27,29,33,35,39,41,45,47,51,53,82,86H,6-8,10,12-14,16,19,22,25,28,30-32,34,36-38,40,42-44,46,48-50,52,54-81H2,1-5H3/b11-9-,17-15-,20-18-,23-21-,26-24-,29-27-,35-33-,41-39-,47-45-,53-51-. The van der Waals surface area contributed by atoms with Gasteiger partial charge in [-0.15, -0.1) is 0 Å². The summed E-state index contributed by atoms with van der Waals surface area (Å²) in [5.74, 6) is -2.28. The van der Waals surface area contributed by atoms with Gasteiger partial charge in [0.05, 0.1) is 40.3 Å². The first-order chi connectivity index (χ1) is 46.6. The lowest BCUT2D eigenvalue weighted by molar-refractivity contribution is -0.870. The van der Waals surface area contributed by atoms with E-state index < -0.39 is 24.3 Å². The van der Waals surface area contributed by atoms with Gasteiger partial charge in [0.25, 0.3) is 0 Å². The lowest BCUT2D eigenvalue weighted by Gasteiger charge is -2.26. The van der Waals surface area contributed by atoms with Gasteiger partial charge in [0.2, 0.25) is 0 Å². The summed E-state index contributed by atoms with van der Waals surface area (Å²) in [4.78, 5) is 37.6. The second kappa shape index (κ2) is 75.5. The van der Waals surface area contributed by atoms with Crippen LogP contribution in [0.15, 0.2) is 122 Å². The third kappa shape index (κ3) is 76.9. The van der Waals surface area contributed by atoms with Crippen LogP contribution in [0.5, 0.6) is 0 Å². The molecule has 0 aromatic carbocycles. The zero-order chi connectivity index (χ0) is 69.0. The van der Waals surface area contributed by atoms with Crippen molar-refractivity contribution in [3.8, 4) is 0 Å². The van der Waals surface area contributed by atoms with E-state index in [1.165, 1.54) is 212 Å². The van der Waals surface area contributed by atoms with Crippen molar-refractivity contribution in [1.82, 2.24) is 0 Å².